The van der Waals surface area contributed by atoms with E-state index in [-0.39, 0.29) is 0 Å². The average Bonchev–Trinajstić information content (AvgIpc) is 2.82. The lowest BCUT2D eigenvalue weighted by Gasteiger charge is -2.15. The molecule has 0 amide bonds. The number of aliphatic hydroxyl groups excluding tert-OH is 1. The van der Waals surface area contributed by atoms with Gasteiger partial charge < -0.3 is 14.3 Å². The first-order valence-electron chi connectivity index (χ1n) is 6.92. The van der Waals surface area contributed by atoms with E-state index in [4.69, 9.17) is 9.15 Å². The van der Waals surface area contributed by atoms with E-state index in [9.17, 15) is 5.11 Å². The molecule has 0 aliphatic heterocycles. The summed E-state index contributed by atoms with van der Waals surface area (Å²) in [7, 11) is 1.61. The molecule has 0 fully saturated rings. The zero-order valence-corrected chi connectivity index (χ0v) is 12.4. The lowest BCUT2D eigenvalue weighted by molar-refractivity contribution is 0.213. The van der Waals surface area contributed by atoms with Gasteiger partial charge in [-0.25, -0.2) is 0 Å². The number of benzene rings is 2. The van der Waals surface area contributed by atoms with Crippen LogP contribution in [0.2, 0.25) is 0 Å². The summed E-state index contributed by atoms with van der Waals surface area (Å²) < 4.78 is 11.1. The molecule has 1 unspecified atom stereocenters. The Labute approximate surface area is 123 Å². The van der Waals surface area contributed by atoms with Gasteiger partial charge in [0.05, 0.1) is 7.11 Å². The Hall–Kier alpha value is -2.26. The third kappa shape index (κ3) is 2.30. The molecular formula is C18H18O3. The van der Waals surface area contributed by atoms with Gasteiger partial charge in [-0.15, -0.1) is 0 Å². The van der Waals surface area contributed by atoms with Gasteiger partial charge in [0.15, 0.2) is 0 Å². The summed E-state index contributed by atoms with van der Waals surface area (Å²) in [5, 5.41) is 11.8. The number of furan rings is 1. The Kier molecular flexibility index (Phi) is 3.43. The predicted octanol–water partition coefficient (Wildman–Crippen LogP) is 4.14. The number of hydrogen-bond donors (Lipinski definition) is 1. The van der Waals surface area contributed by atoms with Crippen LogP contribution in [0.25, 0.3) is 11.0 Å². The lowest BCUT2D eigenvalue weighted by Crippen LogP contribution is -2.03. The Balaban J connectivity index is 2.19. The second-order valence-electron chi connectivity index (χ2n) is 5.22. The number of ether oxygens (including phenoxy) is 1. The van der Waals surface area contributed by atoms with Crippen LogP contribution >= 0.6 is 0 Å². The molecule has 1 N–H and O–H groups in total. The molecule has 1 heterocycles. The number of aliphatic hydroxyl groups is 1. The van der Waals surface area contributed by atoms with Gasteiger partial charge in [0.1, 0.15) is 23.2 Å². The molecule has 3 heteroatoms. The molecule has 1 aromatic heterocycles. The second kappa shape index (κ2) is 5.26. The van der Waals surface area contributed by atoms with E-state index in [2.05, 4.69) is 0 Å². The zero-order chi connectivity index (χ0) is 15.0. The molecule has 0 saturated heterocycles. The fourth-order valence-electron chi connectivity index (χ4n) is 2.75. The zero-order valence-electron chi connectivity index (χ0n) is 12.4. The molecule has 3 nitrogen and oxygen atoms in total. The second-order valence-corrected chi connectivity index (χ2v) is 5.22. The minimum atomic E-state index is -0.775. The highest BCUT2D eigenvalue weighted by molar-refractivity contribution is 5.83. The van der Waals surface area contributed by atoms with Crippen molar-refractivity contribution in [2.24, 2.45) is 0 Å². The summed E-state index contributed by atoms with van der Waals surface area (Å²) in [5.41, 5.74) is 3.42. The quantitative estimate of drug-likeness (QED) is 0.785. The Morgan fingerprint density at radius 3 is 2.62 bits per heavy atom. The van der Waals surface area contributed by atoms with Gasteiger partial charge in [0.25, 0.3) is 0 Å². The van der Waals surface area contributed by atoms with Crippen LogP contribution in [-0.2, 0) is 0 Å². The summed E-state index contributed by atoms with van der Waals surface area (Å²) in [6, 6.07) is 13.5. The Morgan fingerprint density at radius 1 is 1.10 bits per heavy atom. The van der Waals surface area contributed by atoms with Crippen LogP contribution in [0.15, 0.2) is 46.9 Å². The van der Waals surface area contributed by atoms with Crippen LogP contribution in [0.5, 0.6) is 5.75 Å². The lowest BCUT2D eigenvalue weighted by atomic mass is 9.97. The van der Waals surface area contributed by atoms with Crippen molar-refractivity contribution >= 4 is 11.0 Å². The minimum Gasteiger partial charge on any atom is -0.496 e. The molecule has 3 rings (SSSR count). The highest BCUT2D eigenvalue weighted by atomic mass is 16.5. The van der Waals surface area contributed by atoms with Crippen LogP contribution < -0.4 is 4.74 Å². The van der Waals surface area contributed by atoms with Crippen LogP contribution in [0.3, 0.4) is 0 Å². The molecule has 1 atom stereocenters. The van der Waals surface area contributed by atoms with Crippen molar-refractivity contribution in [3.8, 4) is 5.75 Å². The Morgan fingerprint density at radius 2 is 1.86 bits per heavy atom. The number of aryl methyl sites for hydroxylation is 2. The molecule has 0 saturated carbocycles. The molecule has 0 spiro atoms. The van der Waals surface area contributed by atoms with Gasteiger partial charge in [-0.3, -0.25) is 0 Å². The SMILES string of the molecule is COc1ccc(C)cc1C(O)c1c(C)oc2ccccc12. The molecule has 0 aliphatic carbocycles. The normalized spacial score (nSPS) is 12.6. The summed E-state index contributed by atoms with van der Waals surface area (Å²) in [4.78, 5) is 0. The first-order chi connectivity index (χ1) is 10.1. The van der Waals surface area contributed by atoms with E-state index in [1.807, 2.05) is 56.3 Å². The summed E-state index contributed by atoms with van der Waals surface area (Å²) in [6.07, 6.45) is -0.775. The van der Waals surface area contributed by atoms with E-state index < -0.39 is 6.10 Å². The number of hydrogen-bond acceptors (Lipinski definition) is 3. The third-order valence-electron chi connectivity index (χ3n) is 3.77. The molecule has 108 valence electrons. The topological polar surface area (TPSA) is 42.6 Å². The molecule has 2 aromatic carbocycles. The van der Waals surface area contributed by atoms with Gasteiger partial charge in [0.2, 0.25) is 0 Å². The fourth-order valence-corrected chi connectivity index (χ4v) is 2.75. The van der Waals surface area contributed by atoms with E-state index in [0.29, 0.717) is 5.75 Å². The summed E-state index contributed by atoms with van der Waals surface area (Å²) in [6.45, 7) is 3.87. The van der Waals surface area contributed by atoms with E-state index in [0.717, 1.165) is 33.4 Å². The van der Waals surface area contributed by atoms with Crippen molar-refractivity contribution in [2.75, 3.05) is 7.11 Å². The van der Waals surface area contributed by atoms with Crippen molar-refractivity contribution in [2.45, 2.75) is 20.0 Å². The third-order valence-corrected chi connectivity index (χ3v) is 3.77. The highest BCUT2D eigenvalue weighted by Crippen LogP contribution is 2.37. The van der Waals surface area contributed by atoms with Crippen LogP contribution in [-0.4, -0.2) is 12.2 Å². The van der Waals surface area contributed by atoms with E-state index in [1.165, 1.54) is 0 Å². The van der Waals surface area contributed by atoms with Gasteiger partial charge >= 0.3 is 0 Å². The van der Waals surface area contributed by atoms with E-state index >= 15 is 0 Å². The van der Waals surface area contributed by atoms with Crippen LogP contribution in [0.4, 0.5) is 0 Å². The summed E-state index contributed by atoms with van der Waals surface area (Å²) in [5.74, 6) is 1.41. The largest absolute Gasteiger partial charge is 0.496 e. The number of fused-ring (bicyclic) bond motifs is 1. The predicted molar refractivity (Wildman–Crippen MR) is 82.7 cm³/mol. The highest BCUT2D eigenvalue weighted by Gasteiger charge is 2.22. The molecule has 0 radical (unpaired) electrons. The van der Waals surface area contributed by atoms with Crippen LogP contribution in [0.1, 0.15) is 28.6 Å². The van der Waals surface area contributed by atoms with Crippen molar-refractivity contribution in [1.29, 1.82) is 0 Å². The van der Waals surface area contributed by atoms with Gasteiger partial charge in [-0.05, 0) is 32.0 Å². The summed E-state index contributed by atoms with van der Waals surface area (Å²) >= 11 is 0. The van der Waals surface area contributed by atoms with Crippen molar-refractivity contribution in [1.82, 2.24) is 0 Å². The van der Waals surface area contributed by atoms with Gasteiger partial charge in [0, 0.05) is 16.5 Å². The molecule has 0 bridgehead atoms. The standard InChI is InChI=1S/C18H18O3/c1-11-8-9-15(20-3)14(10-11)18(19)17-12(2)21-16-7-5-4-6-13(16)17/h4-10,18-19H,1-3H3. The van der Waals surface area contributed by atoms with E-state index in [1.54, 1.807) is 7.11 Å². The maximum atomic E-state index is 10.9. The fraction of sp³-hybridized carbons (Fsp3) is 0.222. The number of rotatable bonds is 3. The number of para-hydroxylation sites is 1. The first kappa shape index (κ1) is 13.7. The van der Waals surface area contributed by atoms with Crippen molar-refractivity contribution in [3.63, 3.8) is 0 Å². The van der Waals surface area contributed by atoms with Crippen molar-refractivity contribution < 1.29 is 14.3 Å². The monoisotopic (exact) mass is 282 g/mol. The maximum absolute atomic E-state index is 10.9. The van der Waals surface area contributed by atoms with Gasteiger partial charge in [-0.2, -0.15) is 0 Å². The van der Waals surface area contributed by atoms with Gasteiger partial charge in [-0.1, -0.05) is 29.8 Å². The molecule has 3 aromatic rings. The van der Waals surface area contributed by atoms with Crippen LogP contribution in [0, 0.1) is 13.8 Å². The smallest absolute Gasteiger partial charge is 0.134 e. The molecular weight excluding hydrogens is 264 g/mol. The molecule has 0 aliphatic rings. The molecule has 21 heavy (non-hydrogen) atoms. The minimum absolute atomic E-state index is 0.679. The number of methoxy groups -OCH3 is 1. The maximum Gasteiger partial charge on any atom is 0.134 e. The Bertz CT molecular complexity index is 786. The average molecular weight is 282 g/mol. The van der Waals surface area contributed by atoms with Crippen molar-refractivity contribution in [3.05, 3.63) is 64.9 Å². The first-order valence-corrected chi connectivity index (χ1v) is 6.92.